The number of nitrogens with one attached hydrogen (secondary N) is 2. The number of nitrogens with zero attached hydrogens (tertiary/aromatic N) is 3. The van der Waals surface area contributed by atoms with Gasteiger partial charge in [0.05, 0.1) is 6.20 Å². The summed E-state index contributed by atoms with van der Waals surface area (Å²) in [5.74, 6) is 0.341. The lowest BCUT2D eigenvalue weighted by molar-refractivity contribution is -0.135. The molecule has 3 N–H and O–H groups in total. The number of anilines is 1. The highest BCUT2D eigenvalue weighted by Crippen LogP contribution is 2.30. The van der Waals surface area contributed by atoms with Gasteiger partial charge < -0.3 is 20.6 Å². The summed E-state index contributed by atoms with van der Waals surface area (Å²) in [5, 5.41) is 14.5. The number of rotatable bonds is 3. The molecule has 1 aromatic rings. The molecule has 0 radical (unpaired) electrons. The van der Waals surface area contributed by atoms with Crippen molar-refractivity contribution >= 4 is 23.7 Å². The molecule has 9 nitrogen and oxygen atoms in total. The molecule has 9 heteroatoms. The number of hydrogen-bond acceptors (Lipinski definition) is 5. The zero-order valence-corrected chi connectivity index (χ0v) is 14.5. The highest BCUT2D eigenvalue weighted by Gasteiger charge is 2.43. The molecule has 0 aromatic carbocycles. The first kappa shape index (κ1) is 17.2. The van der Waals surface area contributed by atoms with E-state index in [9.17, 15) is 14.4 Å². The van der Waals surface area contributed by atoms with Crippen molar-refractivity contribution in [1.29, 1.82) is 0 Å². The first-order chi connectivity index (χ1) is 11.7. The molecule has 25 heavy (non-hydrogen) atoms. The number of imidazole rings is 1. The lowest BCUT2D eigenvalue weighted by Crippen LogP contribution is -2.54. The molecule has 1 saturated heterocycles. The Kier molecular flexibility index (Phi) is 4.18. The van der Waals surface area contributed by atoms with Gasteiger partial charge in [0.25, 0.3) is 5.91 Å². The van der Waals surface area contributed by atoms with Crippen molar-refractivity contribution in [2.75, 3.05) is 18.4 Å². The van der Waals surface area contributed by atoms with Gasteiger partial charge in [-0.2, -0.15) is 0 Å². The fourth-order valence-electron chi connectivity index (χ4n) is 3.48. The summed E-state index contributed by atoms with van der Waals surface area (Å²) in [5.41, 5.74) is -0.543. The minimum absolute atomic E-state index is 0.0122. The van der Waals surface area contributed by atoms with Gasteiger partial charge in [0, 0.05) is 19.0 Å². The maximum atomic E-state index is 12.8. The van der Waals surface area contributed by atoms with E-state index in [-0.39, 0.29) is 23.8 Å². The number of carbonyl (C=O) groups excluding carboxylic acids is 2. The summed E-state index contributed by atoms with van der Waals surface area (Å²) in [4.78, 5) is 41.9. The van der Waals surface area contributed by atoms with Gasteiger partial charge in [-0.25, -0.2) is 9.78 Å². The molecule has 1 aromatic heterocycles. The molecule has 3 rings (SSSR count). The van der Waals surface area contributed by atoms with E-state index in [1.807, 2.05) is 20.8 Å². The predicted octanol–water partition coefficient (Wildman–Crippen LogP) is 0.848. The van der Waals surface area contributed by atoms with Crippen LogP contribution in [0.2, 0.25) is 0 Å². The summed E-state index contributed by atoms with van der Waals surface area (Å²) < 4.78 is 1.49. The number of aromatic nitrogens is 2. The van der Waals surface area contributed by atoms with E-state index in [0.29, 0.717) is 25.3 Å². The third kappa shape index (κ3) is 3.18. The van der Waals surface area contributed by atoms with Crippen LogP contribution >= 0.6 is 0 Å². The van der Waals surface area contributed by atoms with Crippen LogP contribution in [0.4, 0.5) is 10.6 Å². The Morgan fingerprint density at radius 1 is 1.44 bits per heavy atom. The van der Waals surface area contributed by atoms with Gasteiger partial charge in [0.2, 0.25) is 5.91 Å². The first-order valence-corrected chi connectivity index (χ1v) is 8.30. The molecule has 0 aliphatic carbocycles. The zero-order chi connectivity index (χ0) is 18.4. The van der Waals surface area contributed by atoms with Crippen LogP contribution in [0, 0.1) is 11.3 Å². The molecule has 136 valence electrons. The standard InChI is InChI=1S/C16H23N5O4/c1-16(2,3)12(19-15(24)25)14(23)20-5-4-9(7-20)11-13(22)21-8-17-6-10(21)18-11/h6,8-9,11-12,18-19H,4-5,7H2,1-3H3,(H,24,25)/t9?,11?,12-/m0/s1. The number of fused-ring (bicyclic) bond motifs is 1. The monoisotopic (exact) mass is 349 g/mol. The molecule has 3 heterocycles. The number of carbonyl (C=O) groups is 3. The Hall–Kier alpha value is -2.58. The SMILES string of the molecule is CC(C)(C)[C@@H](NC(=O)O)C(=O)N1CCC(C2Nc3cncn3C2=O)C1. The summed E-state index contributed by atoms with van der Waals surface area (Å²) in [6.45, 7) is 6.40. The lowest BCUT2D eigenvalue weighted by atomic mass is 9.86. The van der Waals surface area contributed by atoms with Gasteiger partial charge in [-0.05, 0) is 11.8 Å². The van der Waals surface area contributed by atoms with Crippen LogP contribution in [-0.4, -0.2) is 62.6 Å². The third-order valence-electron chi connectivity index (χ3n) is 4.83. The second kappa shape index (κ2) is 6.05. The Balaban J connectivity index is 1.68. The van der Waals surface area contributed by atoms with E-state index in [0.717, 1.165) is 0 Å². The first-order valence-electron chi connectivity index (χ1n) is 8.30. The minimum atomic E-state index is -1.22. The van der Waals surface area contributed by atoms with E-state index in [1.54, 1.807) is 11.1 Å². The largest absolute Gasteiger partial charge is 0.465 e. The van der Waals surface area contributed by atoms with E-state index in [4.69, 9.17) is 5.11 Å². The smallest absolute Gasteiger partial charge is 0.405 e. The highest BCUT2D eigenvalue weighted by atomic mass is 16.4. The van der Waals surface area contributed by atoms with Crippen molar-refractivity contribution in [2.24, 2.45) is 11.3 Å². The number of carboxylic acid groups (broad SMARTS) is 1. The third-order valence-corrected chi connectivity index (χ3v) is 4.83. The summed E-state index contributed by atoms with van der Waals surface area (Å²) in [7, 11) is 0. The molecule has 3 atom stereocenters. The van der Waals surface area contributed by atoms with E-state index in [1.165, 1.54) is 10.9 Å². The second-order valence-electron chi connectivity index (χ2n) is 7.69. The van der Waals surface area contributed by atoms with Crippen LogP contribution in [0.15, 0.2) is 12.5 Å². The van der Waals surface area contributed by atoms with E-state index >= 15 is 0 Å². The average Bonchev–Trinajstić information content (AvgIpc) is 3.20. The van der Waals surface area contributed by atoms with Crippen molar-refractivity contribution in [3.05, 3.63) is 12.5 Å². The van der Waals surface area contributed by atoms with Gasteiger partial charge in [0.1, 0.15) is 24.2 Å². The number of hydrogen-bond donors (Lipinski definition) is 3. The van der Waals surface area contributed by atoms with Crippen molar-refractivity contribution in [1.82, 2.24) is 19.8 Å². The van der Waals surface area contributed by atoms with Crippen LogP contribution in [0.1, 0.15) is 32.0 Å². The van der Waals surface area contributed by atoms with Crippen molar-refractivity contribution in [3.63, 3.8) is 0 Å². The van der Waals surface area contributed by atoms with Gasteiger partial charge >= 0.3 is 6.09 Å². The maximum absolute atomic E-state index is 12.8. The fourth-order valence-corrected chi connectivity index (χ4v) is 3.48. The molecule has 2 aliphatic rings. The summed E-state index contributed by atoms with van der Waals surface area (Å²) >= 11 is 0. The average molecular weight is 349 g/mol. The zero-order valence-electron chi connectivity index (χ0n) is 14.5. The van der Waals surface area contributed by atoms with Crippen molar-refractivity contribution < 1.29 is 19.5 Å². The molecule has 0 bridgehead atoms. The van der Waals surface area contributed by atoms with Crippen molar-refractivity contribution in [3.8, 4) is 0 Å². The van der Waals surface area contributed by atoms with E-state index < -0.39 is 17.6 Å². The minimum Gasteiger partial charge on any atom is -0.465 e. The van der Waals surface area contributed by atoms with Gasteiger partial charge in [-0.1, -0.05) is 20.8 Å². The fraction of sp³-hybridized carbons (Fsp3) is 0.625. The van der Waals surface area contributed by atoms with Crippen LogP contribution < -0.4 is 10.6 Å². The van der Waals surface area contributed by atoms with Crippen LogP contribution in [0.25, 0.3) is 0 Å². The Morgan fingerprint density at radius 3 is 2.76 bits per heavy atom. The molecular weight excluding hydrogens is 326 g/mol. The van der Waals surface area contributed by atoms with Crippen LogP contribution in [-0.2, 0) is 4.79 Å². The Labute approximate surface area is 145 Å². The second-order valence-corrected chi connectivity index (χ2v) is 7.69. The summed E-state index contributed by atoms with van der Waals surface area (Å²) in [6.07, 6.45) is 2.55. The normalized spacial score (nSPS) is 24.0. The molecule has 2 amide bonds. The Morgan fingerprint density at radius 2 is 2.16 bits per heavy atom. The van der Waals surface area contributed by atoms with Crippen LogP contribution in [0.5, 0.6) is 0 Å². The molecule has 0 spiro atoms. The van der Waals surface area contributed by atoms with Gasteiger partial charge in [-0.3, -0.25) is 14.2 Å². The predicted molar refractivity (Wildman–Crippen MR) is 89.4 cm³/mol. The molecule has 0 saturated carbocycles. The number of amides is 2. The van der Waals surface area contributed by atoms with Crippen molar-refractivity contribution in [2.45, 2.75) is 39.3 Å². The lowest BCUT2D eigenvalue weighted by Gasteiger charge is -2.32. The highest BCUT2D eigenvalue weighted by molar-refractivity contribution is 5.94. The Bertz CT molecular complexity index is 708. The van der Waals surface area contributed by atoms with E-state index in [2.05, 4.69) is 15.6 Å². The summed E-state index contributed by atoms with van der Waals surface area (Å²) in [6, 6.07) is -1.20. The molecule has 2 aliphatic heterocycles. The molecular formula is C16H23N5O4. The topological polar surface area (TPSA) is 117 Å². The maximum Gasteiger partial charge on any atom is 0.405 e. The molecule has 2 unspecified atom stereocenters. The van der Waals surface area contributed by atoms with Gasteiger partial charge in [0.15, 0.2) is 0 Å². The molecule has 1 fully saturated rings. The van der Waals surface area contributed by atoms with Gasteiger partial charge in [-0.15, -0.1) is 0 Å². The quantitative estimate of drug-likeness (QED) is 0.745. The number of likely N-dealkylation sites (tertiary alicyclic amines) is 1. The van der Waals surface area contributed by atoms with Crippen LogP contribution in [0.3, 0.4) is 0 Å².